The van der Waals surface area contributed by atoms with Crippen molar-refractivity contribution in [3.63, 3.8) is 0 Å². The van der Waals surface area contributed by atoms with E-state index in [1.165, 1.54) is 56.4 Å². The topological polar surface area (TPSA) is 36.7 Å². The van der Waals surface area contributed by atoms with Gasteiger partial charge in [-0.2, -0.15) is 0 Å². The molecule has 0 amide bonds. The lowest BCUT2D eigenvalue weighted by molar-refractivity contribution is 0.185. The number of rotatable bonds is 4. The Bertz CT molecular complexity index is 820. The van der Waals surface area contributed by atoms with E-state index in [1.54, 1.807) is 6.07 Å². The highest BCUT2D eigenvalue weighted by atomic mass is 16.4. The predicted octanol–water partition coefficient (Wildman–Crippen LogP) is 3.47. The molecule has 0 aliphatic carbocycles. The van der Waals surface area contributed by atoms with Crippen LogP contribution in [0.5, 0.6) is 0 Å². The Morgan fingerprint density at radius 2 is 1.80 bits per heavy atom. The van der Waals surface area contributed by atoms with Crippen LogP contribution in [0.3, 0.4) is 0 Å². The van der Waals surface area contributed by atoms with Crippen molar-refractivity contribution >= 4 is 11.0 Å². The van der Waals surface area contributed by atoms with Gasteiger partial charge in [-0.25, -0.2) is 4.79 Å². The van der Waals surface area contributed by atoms with Crippen LogP contribution in [-0.2, 0) is 6.54 Å². The van der Waals surface area contributed by atoms with Gasteiger partial charge in [0.15, 0.2) is 0 Å². The van der Waals surface area contributed by atoms with Gasteiger partial charge in [-0.05, 0) is 88.0 Å². The van der Waals surface area contributed by atoms with E-state index in [4.69, 9.17) is 4.42 Å². The Morgan fingerprint density at radius 1 is 1.04 bits per heavy atom. The molecule has 2 fully saturated rings. The summed E-state index contributed by atoms with van der Waals surface area (Å²) in [7, 11) is 0. The molecule has 0 N–H and O–H groups in total. The summed E-state index contributed by atoms with van der Waals surface area (Å²) in [5, 5.41) is 1.09. The molecule has 0 bridgehead atoms. The third-order valence-corrected chi connectivity index (χ3v) is 5.98. The molecule has 1 atom stereocenters. The lowest BCUT2D eigenvalue weighted by Crippen LogP contribution is -2.39. The zero-order valence-corrected chi connectivity index (χ0v) is 15.4. The number of hydrogen-bond acceptors (Lipinski definition) is 4. The third-order valence-electron chi connectivity index (χ3n) is 5.98. The summed E-state index contributed by atoms with van der Waals surface area (Å²) in [4.78, 5) is 17.2. The van der Waals surface area contributed by atoms with Gasteiger partial charge in [0.1, 0.15) is 5.58 Å². The maximum Gasteiger partial charge on any atom is 0.336 e. The van der Waals surface area contributed by atoms with Crippen molar-refractivity contribution in [2.45, 2.75) is 52.1 Å². The number of aryl methyl sites for hydroxylation is 2. The number of likely N-dealkylation sites (tertiary alicyclic amines) is 2. The van der Waals surface area contributed by atoms with Crippen molar-refractivity contribution < 1.29 is 4.42 Å². The van der Waals surface area contributed by atoms with Crippen LogP contribution < -0.4 is 5.63 Å². The number of hydrogen-bond donors (Lipinski definition) is 0. The van der Waals surface area contributed by atoms with Gasteiger partial charge in [-0.15, -0.1) is 0 Å². The molecule has 0 saturated carbocycles. The fraction of sp³-hybridized carbons (Fsp3) is 0.571. The smallest absolute Gasteiger partial charge is 0.336 e. The first-order valence-corrected chi connectivity index (χ1v) is 9.60. The van der Waals surface area contributed by atoms with Crippen molar-refractivity contribution in [1.29, 1.82) is 0 Å². The van der Waals surface area contributed by atoms with E-state index >= 15 is 0 Å². The first-order valence-electron chi connectivity index (χ1n) is 9.60. The fourth-order valence-corrected chi connectivity index (χ4v) is 4.41. The summed E-state index contributed by atoms with van der Waals surface area (Å²) < 4.78 is 5.45. The molecule has 1 aromatic carbocycles. The van der Waals surface area contributed by atoms with Crippen molar-refractivity contribution in [2.24, 2.45) is 0 Å². The second kappa shape index (κ2) is 6.93. The summed E-state index contributed by atoms with van der Waals surface area (Å²) in [5.74, 6) is 0. The fourth-order valence-electron chi connectivity index (χ4n) is 4.41. The normalized spacial score (nSPS) is 22.2. The van der Waals surface area contributed by atoms with Crippen LogP contribution in [-0.4, -0.2) is 42.0 Å². The summed E-state index contributed by atoms with van der Waals surface area (Å²) in [5.41, 5.74) is 4.02. The van der Waals surface area contributed by atoms with Crippen LogP contribution in [0.4, 0.5) is 0 Å². The Balaban J connectivity index is 1.60. The standard InChI is InChI=1S/C21H28N2O2/c1-15-10-19-17(12-21(24)25-20(19)11-16(15)2)13-23-9-5-6-18(23)14-22-7-3-4-8-22/h10-12,18H,3-9,13-14H2,1-2H3/t18-/m0/s1. The van der Waals surface area contributed by atoms with Crippen LogP contribution in [0, 0.1) is 13.8 Å². The minimum absolute atomic E-state index is 0.235. The van der Waals surface area contributed by atoms with E-state index in [0.717, 1.165) is 29.6 Å². The first-order chi connectivity index (χ1) is 12.1. The highest BCUT2D eigenvalue weighted by Crippen LogP contribution is 2.26. The highest BCUT2D eigenvalue weighted by Gasteiger charge is 2.28. The molecule has 4 heteroatoms. The molecule has 2 saturated heterocycles. The van der Waals surface area contributed by atoms with Gasteiger partial charge < -0.3 is 9.32 Å². The molecule has 0 unspecified atom stereocenters. The largest absolute Gasteiger partial charge is 0.423 e. The molecule has 0 radical (unpaired) electrons. The lowest BCUT2D eigenvalue weighted by atomic mass is 10.0. The zero-order chi connectivity index (χ0) is 17.4. The van der Waals surface area contributed by atoms with Gasteiger partial charge in [0.25, 0.3) is 0 Å². The van der Waals surface area contributed by atoms with Crippen molar-refractivity contribution in [1.82, 2.24) is 9.80 Å². The maximum absolute atomic E-state index is 12.0. The SMILES string of the molecule is Cc1cc2oc(=O)cc(CN3CCC[C@H]3CN3CCCC3)c2cc1C. The van der Waals surface area contributed by atoms with E-state index < -0.39 is 0 Å². The average molecular weight is 340 g/mol. The summed E-state index contributed by atoms with van der Waals surface area (Å²) >= 11 is 0. The van der Waals surface area contributed by atoms with E-state index in [2.05, 4.69) is 29.7 Å². The molecule has 25 heavy (non-hydrogen) atoms. The maximum atomic E-state index is 12.0. The Kier molecular flexibility index (Phi) is 4.65. The molecule has 134 valence electrons. The van der Waals surface area contributed by atoms with Crippen molar-refractivity contribution in [2.75, 3.05) is 26.2 Å². The number of nitrogens with zero attached hydrogens (tertiary/aromatic N) is 2. The average Bonchev–Trinajstić information content (AvgIpc) is 3.22. The summed E-state index contributed by atoms with van der Waals surface area (Å²) in [6.45, 7) is 9.84. The minimum Gasteiger partial charge on any atom is -0.423 e. The van der Waals surface area contributed by atoms with Gasteiger partial charge in [-0.1, -0.05) is 0 Å². The van der Waals surface area contributed by atoms with Gasteiger partial charge in [0.05, 0.1) is 0 Å². The van der Waals surface area contributed by atoms with E-state index in [9.17, 15) is 4.79 Å². The molecule has 4 nitrogen and oxygen atoms in total. The quantitative estimate of drug-likeness (QED) is 0.799. The molecule has 1 aromatic heterocycles. The van der Waals surface area contributed by atoms with Crippen LogP contribution in [0.1, 0.15) is 42.4 Å². The molecular weight excluding hydrogens is 312 g/mol. The Hall–Kier alpha value is -1.65. The van der Waals surface area contributed by atoms with Crippen LogP contribution in [0.2, 0.25) is 0 Å². The van der Waals surface area contributed by atoms with Crippen LogP contribution in [0.25, 0.3) is 11.0 Å². The predicted molar refractivity (Wildman–Crippen MR) is 101 cm³/mol. The molecule has 2 aliphatic heterocycles. The monoisotopic (exact) mass is 340 g/mol. The van der Waals surface area contributed by atoms with E-state index in [0.29, 0.717) is 6.04 Å². The molecule has 4 rings (SSSR count). The van der Waals surface area contributed by atoms with E-state index in [1.807, 2.05) is 6.07 Å². The van der Waals surface area contributed by atoms with Gasteiger partial charge >= 0.3 is 5.63 Å². The van der Waals surface area contributed by atoms with Gasteiger partial charge in [-0.3, -0.25) is 4.90 Å². The second-order valence-corrected chi connectivity index (χ2v) is 7.80. The molecule has 2 aliphatic rings. The summed E-state index contributed by atoms with van der Waals surface area (Å²) in [6, 6.07) is 6.49. The second-order valence-electron chi connectivity index (χ2n) is 7.80. The first kappa shape index (κ1) is 16.8. The van der Waals surface area contributed by atoms with Crippen molar-refractivity contribution in [3.8, 4) is 0 Å². The van der Waals surface area contributed by atoms with E-state index in [-0.39, 0.29) is 5.63 Å². The minimum atomic E-state index is -0.235. The molecule has 0 spiro atoms. The van der Waals surface area contributed by atoms with Crippen LogP contribution >= 0.6 is 0 Å². The Labute approximate surface area is 149 Å². The Morgan fingerprint density at radius 3 is 2.60 bits per heavy atom. The van der Waals surface area contributed by atoms with Crippen molar-refractivity contribution in [3.05, 3.63) is 45.3 Å². The third kappa shape index (κ3) is 3.51. The molecular formula is C21H28N2O2. The number of benzene rings is 1. The van der Waals surface area contributed by atoms with Crippen LogP contribution in [0.15, 0.2) is 27.4 Å². The highest BCUT2D eigenvalue weighted by molar-refractivity contribution is 5.81. The lowest BCUT2D eigenvalue weighted by Gasteiger charge is -2.28. The van der Waals surface area contributed by atoms with Gasteiger partial charge in [0.2, 0.25) is 0 Å². The molecule has 2 aromatic rings. The summed E-state index contributed by atoms with van der Waals surface area (Å²) in [6.07, 6.45) is 5.22. The molecule has 3 heterocycles. The van der Waals surface area contributed by atoms with Gasteiger partial charge in [0, 0.05) is 30.6 Å². The zero-order valence-electron chi connectivity index (χ0n) is 15.4. The number of fused-ring (bicyclic) bond motifs is 1.